The molecule has 0 aromatic rings. The van der Waals surface area contributed by atoms with Crippen LogP contribution in [0.1, 0.15) is 54.4 Å². The first-order chi connectivity index (χ1) is 5.83. The van der Waals surface area contributed by atoms with Gasteiger partial charge in [0.25, 0.3) is 0 Å². The molecule has 13 heavy (non-hydrogen) atoms. The molecule has 0 nitrogen and oxygen atoms in total. The van der Waals surface area contributed by atoms with E-state index in [-0.39, 0.29) is 0 Å². The van der Waals surface area contributed by atoms with Crippen LogP contribution in [0.15, 0.2) is 0 Å². The molecule has 0 radical (unpaired) electrons. The lowest BCUT2D eigenvalue weighted by molar-refractivity contribution is 0.395. The maximum Gasteiger partial charge on any atom is -0.00160 e. The fraction of sp³-hybridized carbons (Fsp3) is 1.00. The highest BCUT2D eigenvalue weighted by Crippen LogP contribution is 2.31. The summed E-state index contributed by atoms with van der Waals surface area (Å²) in [4.78, 5) is 0. The van der Waals surface area contributed by atoms with E-state index in [1.54, 1.807) is 0 Å². The maximum atomic E-state index is 2.36. The van der Waals surface area contributed by atoms with Crippen LogP contribution in [0.3, 0.4) is 0 Å². The van der Waals surface area contributed by atoms with Crippen molar-refractivity contribution in [3.8, 4) is 0 Å². The quantitative estimate of drug-likeness (QED) is 0.607. The number of thioether (sulfide) groups is 1. The Morgan fingerprint density at radius 1 is 0.769 bits per heavy atom. The van der Waals surface area contributed by atoms with Gasteiger partial charge in [-0.2, -0.15) is 11.8 Å². The van der Waals surface area contributed by atoms with E-state index < -0.39 is 0 Å². The molecule has 0 fully saturated rings. The molecule has 0 aliphatic carbocycles. The summed E-state index contributed by atoms with van der Waals surface area (Å²) in [5, 5.41) is 0. The first kappa shape index (κ1) is 13.4. The van der Waals surface area contributed by atoms with Crippen molar-refractivity contribution in [2.24, 2.45) is 10.8 Å². The molecular formula is C12H26S. The van der Waals surface area contributed by atoms with Crippen LogP contribution in [0, 0.1) is 10.8 Å². The molecule has 0 saturated carbocycles. The van der Waals surface area contributed by atoms with Crippen LogP contribution >= 0.6 is 11.8 Å². The van der Waals surface area contributed by atoms with Gasteiger partial charge in [0.15, 0.2) is 0 Å². The zero-order valence-corrected chi connectivity index (χ0v) is 11.1. The number of hydrogen-bond donors (Lipinski definition) is 0. The Hall–Kier alpha value is 0.350. The molecule has 0 rings (SSSR count). The van der Waals surface area contributed by atoms with Crippen LogP contribution in [-0.4, -0.2) is 11.5 Å². The summed E-state index contributed by atoms with van der Waals surface area (Å²) in [6, 6.07) is 0. The lowest BCUT2D eigenvalue weighted by atomic mass is 9.93. The molecule has 0 spiro atoms. The molecule has 0 aromatic carbocycles. The fourth-order valence-electron chi connectivity index (χ4n) is 0.808. The van der Waals surface area contributed by atoms with E-state index in [1.165, 1.54) is 24.3 Å². The van der Waals surface area contributed by atoms with Crippen LogP contribution in [-0.2, 0) is 0 Å². The third kappa shape index (κ3) is 6.42. The van der Waals surface area contributed by atoms with Crippen molar-refractivity contribution in [1.82, 2.24) is 0 Å². The molecule has 1 heteroatoms. The van der Waals surface area contributed by atoms with Crippen molar-refractivity contribution in [2.45, 2.75) is 54.4 Å². The molecule has 0 bridgehead atoms. The van der Waals surface area contributed by atoms with Crippen LogP contribution in [0.25, 0.3) is 0 Å². The van der Waals surface area contributed by atoms with E-state index in [2.05, 4.69) is 53.3 Å². The van der Waals surface area contributed by atoms with Crippen molar-refractivity contribution >= 4 is 11.8 Å². The molecule has 0 aliphatic heterocycles. The first-order valence-electron chi connectivity index (χ1n) is 5.41. The molecule has 0 aromatic heterocycles. The first-order valence-corrected chi connectivity index (χ1v) is 6.56. The van der Waals surface area contributed by atoms with E-state index in [9.17, 15) is 0 Å². The second-order valence-corrected chi connectivity index (χ2v) is 6.51. The summed E-state index contributed by atoms with van der Waals surface area (Å²) < 4.78 is 0. The zero-order valence-electron chi connectivity index (χ0n) is 10.2. The third-order valence-electron chi connectivity index (χ3n) is 2.90. The lowest BCUT2D eigenvalue weighted by Crippen LogP contribution is -2.18. The van der Waals surface area contributed by atoms with Crippen molar-refractivity contribution < 1.29 is 0 Å². The van der Waals surface area contributed by atoms with Crippen LogP contribution < -0.4 is 0 Å². The lowest BCUT2D eigenvalue weighted by Gasteiger charge is -2.26. The molecule has 0 N–H and O–H groups in total. The second kappa shape index (κ2) is 5.29. The monoisotopic (exact) mass is 202 g/mol. The minimum Gasteiger partial charge on any atom is -0.161 e. The Kier molecular flexibility index (Phi) is 5.43. The number of rotatable bonds is 6. The highest BCUT2D eigenvalue weighted by atomic mass is 32.2. The molecule has 0 heterocycles. The van der Waals surface area contributed by atoms with Crippen molar-refractivity contribution in [3.63, 3.8) is 0 Å². The van der Waals surface area contributed by atoms with Crippen LogP contribution in [0.5, 0.6) is 0 Å². The highest BCUT2D eigenvalue weighted by molar-refractivity contribution is 7.99. The molecule has 0 aliphatic rings. The fourth-order valence-corrected chi connectivity index (χ4v) is 2.42. The minimum atomic E-state index is 0.522. The predicted molar refractivity (Wildman–Crippen MR) is 65.5 cm³/mol. The summed E-state index contributed by atoms with van der Waals surface area (Å²) in [7, 11) is 0. The Morgan fingerprint density at radius 3 is 1.31 bits per heavy atom. The van der Waals surface area contributed by atoms with E-state index in [0.29, 0.717) is 10.8 Å². The van der Waals surface area contributed by atoms with Gasteiger partial charge in [0.2, 0.25) is 0 Å². The van der Waals surface area contributed by atoms with Gasteiger partial charge < -0.3 is 0 Å². The van der Waals surface area contributed by atoms with Crippen molar-refractivity contribution in [3.05, 3.63) is 0 Å². The average molecular weight is 202 g/mol. The van der Waals surface area contributed by atoms with Gasteiger partial charge in [-0.15, -0.1) is 0 Å². The Bertz CT molecular complexity index is 120. The van der Waals surface area contributed by atoms with Gasteiger partial charge in [-0.3, -0.25) is 0 Å². The van der Waals surface area contributed by atoms with Gasteiger partial charge in [-0.1, -0.05) is 54.4 Å². The van der Waals surface area contributed by atoms with E-state index >= 15 is 0 Å². The molecule has 0 amide bonds. The topological polar surface area (TPSA) is 0 Å². The predicted octanol–water partition coefficient (Wildman–Crippen LogP) is 4.59. The third-order valence-corrected chi connectivity index (χ3v) is 4.87. The number of hydrogen-bond acceptors (Lipinski definition) is 1. The largest absolute Gasteiger partial charge is 0.161 e. The maximum absolute atomic E-state index is 2.36. The molecule has 0 unspecified atom stereocenters. The van der Waals surface area contributed by atoms with Gasteiger partial charge in [0.1, 0.15) is 0 Å². The molecule has 80 valence electrons. The summed E-state index contributed by atoms with van der Waals surface area (Å²) >= 11 is 2.12. The van der Waals surface area contributed by atoms with E-state index in [4.69, 9.17) is 0 Å². The van der Waals surface area contributed by atoms with Gasteiger partial charge in [0, 0.05) is 0 Å². The Balaban J connectivity index is 3.68. The van der Waals surface area contributed by atoms with E-state index in [1.807, 2.05) is 0 Å². The van der Waals surface area contributed by atoms with Gasteiger partial charge in [0.05, 0.1) is 0 Å². The summed E-state index contributed by atoms with van der Waals surface area (Å²) in [6.07, 6.45) is 2.57. The second-order valence-electron chi connectivity index (χ2n) is 5.53. The highest BCUT2D eigenvalue weighted by Gasteiger charge is 2.19. The van der Waals surface area contributed by atoms with Crippen molar-refractivity contribution in [2.75, 3.05) is 11.5 Å². The minimum absolute atomic E-state index is 0.522. The van der Waals surface area contributed by atoms with E-state index in [0.717, 1.165) is 0 Å². The smallest absolute Gasteiger partial charge is 0.00160 e. The van der Waals surface area contributed by atoms with Gasteiger partial charge in [-0.05, 0) is 22.3 Å². The van der Waals surface area contributed by atoms with Crippen LogP contribution in [0.2, 0.25) is 0 Å². The Labute approximate surface area is 88.9 Å². The average Bonchev–Trinajstić information content (AvgIpc) is 2.04. The SMILES string of the molecule is CCC(C)(C)CSCC(C)(C)CC. The van der Waals surface area contributed by atoms with Crippen LogP contribution in [0.4, 0.5) is 0 Å². The van der Waals surface area contributed by atoms with Gasteiger partial charge >= 0.3 is 0 Å². The molecule has 0 saturated heterocycles. The normalized spacial score (nSPS) is 13.4. The summed E-state index contributed by atoms with van der Waals surface area (Å²) in [6.45, 7) is 14.0. The van der Waals surface area contributed by atoms with Gasteiger partial charge in [-0.25, -0.2) is 0 Å². The van der Waals surface area contributed by atoms with Crippen molar-refractivity contribution in [1.29, 1.82) is 0 Å². The standard InChI is InChI=1S/C12H26S/c1-7-11(3,4)9-13-10-12(5,6)8-2/h7-10H2,1-6H3. The Morgan fingerprint density at radius 2 is 1.08 bits per heavy atom. The molecule has 0 atom stereocenters. The summed E-state index contributed by atoms with van der Waals surface area (Å²) in [5.74, 6) is 2.60. The zero-order chi connectivity index (χ0) is 10.5. The molecular weight excluding hydrogens is 176 g/mol. The summed E-state index contributed by atoms with van der Waals surface area (Å²) in [5.41, 5.74) is 1.04.